The fourth-order valence-electron chi connectivity index (χ4n) is 2.09. The summed E-state index contributed by atoms with van der Waals surface area (Å²) in [5.41, 5.74) is 2.56. The Kier molecular flexibility index (Phi) is 4.90. The predicted molar refractivity (Wildman–Crippen MR) is 85.7 cm³/mol. The molecule has 0 heterocycles. The van der Waals surface area contributed by atoms with Gasteiger partial charge in [-0.25, -0.2) is 0 Å². The average Bonchev–Trinajstić information content (AvgIpc) is 2.46. The molecule has 0 atom stereocenters. The van der Waals surface area contributed by atoms with Crippen LogP contribution >= 0.6 is 0 Å². The molecule has 0 aliphatic rings. The first-order valence-corrected chi connectivity index (χ1v) is 8.25. The first kappa shape index (κ1) is 15.1. The molecule has 0 bridgehead atoms. The topological polar surface area (TPSA) is 23.1 Å². The second kappa shape index (κ2) is 6.47. The maximum atomic E-state index is 12.5. The van der Waals surface area contributed by atoms with Gasteiger partial charge in [-0.2, -0.15) is 0 Å². The summed E-state index contributed by atoms with van der Waals surface area (Å²) >= 11 is -1.09. The maximum Gasteiger partial charge on any atom is 0.158 e. The molecule has 0 amide bonds. The Bertz CT molecular complexity index is 489. The molecule has 0 saturated carbocycles. The molecule has 2 rings (SSSR count). The van der Waals surface area contributed by atoms with Crippen molar-refractivity contribution < 1.29 is 4.55 Å². The summed E-state index contributed by atoms with van der Waals surface area (Å²) in [6.07, 6.45) is 0. The van der Waals surface area contributed by atoms with Gasteiger partial charge in [0.15, 0.2) is 9.79 Å². The van der Waals surface area contributed by atoms with E-state index < -0.39 is 11.2 Å². The standard InChI is InChI=1S/C18H22OS/c1-13(2)15-5-9-17(10-6-15)20(19)18-11-7-16(8-12-18)14(3)4/h5-14H,1-4H3. The van der Waals surface area contributed by atoms with E-state index in [1.807, 2.05) is 24.3 Å². The van der Waals surface area contributed by atoms with Crippen LogP contribution in [0.1, 0.15) is 50.7 Å². The van der Waals surface area contributed by atoms with Crippen molar-refractivity contribution >= 4 is 11.2 Å². The molecule has 106 valence electrons. The zero-order valence-electron chi connectivity index (χ0n) is 12.6. The lowest BCUT2D eigenvalue weighted by atomic mass is 10.0. The third-order valence-corrected chi connectivity index (χ3v) is 4.92. The van der Waals surface area contributed by atoms with E-state index in [4.69, 9.17) is 0 Å². The van der Waals surface area contributed by atoms with E-state index in [0.29, 0.717) is 11.8 Å². The van der Waals surface area contributed by atoms with Gasteiger partial charge in [-0.3, -0.25) is 0 Å². The first-order chi connectivity index (χ1) is 9.49. The maximum absolute atomic E-state index is 12.5. The van der Waals surface area contributed by atoms with E-state index in [1.165, 1.54) is 11.1 Å². The lowest BCUT2D eigenvalue weighted by Crippen LogP contribution is -2.03. The Hall–Kier alpha value is -1.25. The summed E-state index contributed by atoms with van der Waals surface area (Å²) in [4.78, 5) is 1.73. The summed E-state index contributed by atoms with van der Waals surface area (Å²) in [6, 6.07) is 16.2. The van der Waals surface area contributed by atoms with E-state index in [0.717, 1.165) is 9.79 Å². The molecule has 20 heavy (non-hydrogen) atoms. The van der Waals surface area contributed by atoms with Crippen molar-refractivity contribution in [3.05, 3.63) is 59.7 Å². The zero-order chi connectivity index (χ0) is 14.7. The fraction of sp³-hybridized carbons (Fsp3) is 0.333. The van der Waals surface area contributed by atoms with Crippen molar-refractivity contribution in [1.29, 1.82) is 0 Å². The van der Waals surface area contributed by atoms with Crippen LogP contribution in [-0.2, 0) is 11.2 Å². The number of benzene rings is 2. The Balaban J connectivity index is 2.19. The number of rotatable bonds is 4. The number of hydrogen-bond acceptors (Lipinski definition) is 1. The lowest BCUT2D eigenvalue weighted by molar-refractivity contribution is 0.595. The van der Waals surface area contributed by atoms with Gasteiger partial charge in [-0.1, -0.05) is 52.0 Å². The normalized spacial score (nSPS) is 11.6. The monoisotopic (exact) mass is 286 g/mol. The van der Waals surface area contributed by atoms with Gasteiger partial charge in [-0.15, -0.1) is 0 Å². The van der Waals surface area contributed by atoms with Crippen LogP contribution in [0, 0.1) is 0 Å². The molecule has 1 nitrogen and oxygen atoms in total. The van der Waals surface area contributed by atoms with Gasteiger partial charge in [0.1, 0.15) is 0 Å². The van der Waals surface area contributed by atoms with Crippen LogP contribution in [0.15, 0.2) is 58.3 Å². The molecule has 2 heteroatoms. The van der Waals surface area contributed by atoms with Crippen molar-refractivity contribution in [3.8, 4) is 0 Å². The Morgan fingerprint density at radius 3 is 1.20 bits per heavy atom. The van der Waals surface area contributed by atoms with Crippen molar-refractivity contribution in [1.82, 2.24) is 0 Å². The summed E-state index contributed by atoms with van der Waals surface area (Å²) in [5.74, 6) is 1.01. The minimum absolute atomic E-state index is 0.503. The van der Waals surface area contributed by atoms with E-state index in [9.17, 15) is 4.55 Å². The van der Waals surface area contributed by atoms with Crippen molar-refractivity contribution in [2.24, 2.45) is 0 Å². The van der Waals surface area contributed by atoms with Crippen LogP contribution in [-0.4, -0.2) is 4.55 Å². The highest BCUT2D eigenvalue weighted by molar-refractivity contribution is 7.91. The van der Waals surface area contributed by atoms with Crippen molar-refractivity contribution in [2.45, 2.75) is 49.3 Å². The van der Waals surface area contributed by atoms with Gasteiger partial charge in [0, 0.05) is 11.2 Å². The van der Waals surface area contributed by atoms with Gasteiger partial charge in [0.2, 0.25) is 0 Å². The molecule has 0 aliphatic carbocycles. The van der Waals surface area contributed by atoms with E-state index >= 15 is 0 Å². The Labute approximate surface area is 125 Å². The molecule has 0 aromatic heterocycles. The Morgan fingerprint density at radius 2 is 0.950 bits per heavy atom. The van der Waals surface area contributed by atoms with Crippen LogP contribution in [0.4, 0.5) is 0 Å². The average molecular weight is 286 g/mol. The highest BCUT2D eigenvalue weighted by atomic mass is 32.2. The molecule has 0 radical (unpaired) electrons. The minimum Gasteiger partial charge on any atom is -0.606 e. The third-order valence-electron chi connectivity index (χ3n) is 3.52. The van der Waals surface area contributed by atoms with Gasteiger partial charge < -0.3 is 4.55 Å². The van der Waals surface area contributed by atoms with E-state index in [2.05, 4.69) is 52.0 Å². The molecule has 0 fully saturated rings. The van der Waals surface area contributed by atoms with Gasteiger partial charge in [0.05, 0.1) is 0 Å². The summed E-state index contributed by atoms with van der Waals surface area (Å²) in [7, 11) is 0. The highest BCUT2D eigenvalue weighted by Gasteiger charge is 2.15. The highest BCUT2D eigenvalue weighted by Crippen LogP contribution is 2.24. The van der Waals surface area contributed by atoms with Crippen molar-refractivity contribution in [2.75, 3.05) is 0 Å². The molecule has 0 saturated heterocycles. The molecular formula is C18H22OS. The molecule has 2 aromatic carbocycles. The van der Waals surface area contributed by atoms with Crippen molar-refractivity contribution in [3.63, 3.8) is 0 Å². The second-order valence-corrected chi connectivity index (χ2v) is 7.20. The largest absolute Gasteiger partial charge is 0.606 e. The van der Waals surface area contributed by atoms with Crippen LogP contribution in [0.5, 0.6) is 0 Å². The van der Waals surface area contributed by atoms with E-state index in [-0.39, 0.29) is 0 Å². The van der Waals surface area contributed by atoms with Crippen LogP contribution in [0.25, 0.3) is 0 Å². The molecular weight excluding hydrogens is 264 g/mol. The Morgan fingerprint density at radius 1 is 0.650 bits per heavy atom. The summed E-state index contributed by atoms with van der Waals surface area (Å²) in [5, 5.41) is 0. The zero-order valence-corrected chi connectivity index (χ0v) is 13.4. The minimum atomic E-state index is -1.09. The van der Waals surface area contributed by atoms with Crippen LogP contribution < -0.4 is 0 Å². The van der Waals surface area contributed by atoms with Crippen LogP contribution in [0.3, 0.4) is 0 Å². The molecule has 0 spiro atoms. The predicted octanol–water partition coefficient (Wildman–Crippen LogP) is 5.10. The SMILES string of the molecule is CC(C)c1ccc([S+]([O-])c2ccc(C(C)C)cc2)cc1. The molecule has 0 aliphatic heterocycles. The second-order valence-electron chi connectivity index (χ2n) is 5.72. The number of hydrogen-bond donors (Lipinski definition) is 0. The fourth-order valence-corrected chi connectivity index (χ4v) is 3.13. The van der Waals surface area contributed by atoms with E-state index in [1.54, 1.807) is 0 Å². The van der Waals surface area contributed by atoms with Gasteiger partial charge >= 0.3 is 0 Å². The van der Waals surface area contributed by atoms with Gasteiger partial charge in [-0.05, 0) is 47.2 Å². The van der Waals surface area contributed by atoms with Crippen LogP contribution in [0.2, 0.25) is 0 Å². The lowest BCUT2D eigenvalue weighted by Gasteiger charge is -2.12. The smallest absolute Gasteiger partial charge is 0.158 e. The summed E-state index contributed by atoms with van der Waals surface area (Å²) < 4.78 is 12.5. The van der Waals surface area contributed by atoms with Gasteiger partial charge in [0.25, 0.3) is 0 Å². The quantitative estimate of drug-likeness (QED) is 0.717. The first-order valence-electron chi connectivity index (χ1n) is 7.10. The molecule has 0 unspecified atom stereocenters. The third kappa shape index (κ3) is 3.44. The summed E-state index contributed by atoms with van der Waals surface area (Å²) in [6.45, 7) is 8.65. The molecule has 0 N–H and O–H groups in total. The molecule has 2 aromatic rings.